The average molecular weight is 230 g/mol. The van der Waals surface area contributed by atoms with Crippen LogP contribution in [0.1, 0.15) is 25.7 Å². The Morgan fingerprint density at radius 1 is 1.56 bits per heavy atom. The summed E-state index contributed by atoms with van der Waals surface area (Å²) in [7, 11) is 0. The van der Waals surface area contributed by atoms with Crippen LogP contribution in [0.2, 0.25) is 0 Å². The molecule has 0 saturated carbocycles. The summed E-state index contributed by atoms with van der Waals surface area (Å²) in [5.41, 5.74) is 5.28. The van der Waals surface area contributed by atoms with Crippen LogP contribution in [0, 0.1) is 0 Å². The molecular weight excluding hydrogens is 208 g/mol. The van der Waals surface area contributed by atoms with E-state index < -0.39 is 0 Å². The zero-order chi connectivity index (χ0) is 11.8. The highest BCUT2D eigenvalue weighted by Gasteiger charge is 2.27. The molecule has 3 N–H and O–H groups in total. The van der Waals surface area contributed by atoms with Crippen molar-refractivity contribution < 1.29 is 14.6 Å². The van der Waals surface area contributed by atoms with Gasteiger partial charge in [0, 0.05) is 25.7 Å². The summed E-state index contributed by atoms with van der Waals surface area (Å²) < 4.78 is 5.14. The van der Waals surface area contributed by atoms with Crippen LogP contribution < -0.4 is 5.73 Å². The number of carbonyl (C=O) groups excluding carboxylic acids is 1. The molecule has 5 nitrogen and oxygen atoms in total. The average Bonchev–Trinajstić information content (AvgIpc) is 2.74. The van der Waals surface area contributed by atoms with Gasteiger partial charge in [0.05, 0.1) is 6.61 Å². The third-order valence-electron chi connectivity index (χ3n) is 2.88. The molecule has 1 aliphatic heterocycles. The first-order valence-electron chi connectivity index (χ1n) is 5.97. The molecular formula is C11H22N2O3. The zero-order valence-corrected chi connectivity index (χ0v) is 9.73. The lowest BCUT2D eigenvalue weighted by Gasteiger charge is -2.24. The first kappa shape index (κ1) is 13.4. The number of amides is 1. The standard InChI is InChI=1S/C11H22N2O3/c12-5-8-16-9-11(15)13-6-1-3-10(13)4-2-7-14/h10,14H,1-9,12H2. The lowest BCUT2D eigenvalue weighted by atomic mass is 10.1. The summed E-state index contributed by atoms with van der Waals surface area (Å²) >= 11 is 0. The molecule has 0 spiro atoms. The summed E-state index contributed by atoms with van der Waals surface area (Å²) in [6, 6.07) is 0.293. The Balaban J connectivity index is 2.29. The lowest BCUT2D eigenvalue weighted by molar-refractivity contribution is -0.137. The molecule has 0 aromatic heterocycles. The van der Waals surface area contributed by atoms with Crippen molar-refractivity contribution in [1.29, 1.82) is 0 Å². The first-order chi connectivity index (χ1) is 7.79. The maximum Gasteiger partial charge on any atom is 0.248 e. The third-order valence-corrected chi connectivity index (χ3v) is 2.88. The van der Waals surface area contributed by atoms with E-state index in [4.69, 9.17) is 15.6 Å². The largest absolute Gasteiger partial charge is 0.396 e. The highest BCUT2D eigenvalue weighted by Crippen LogP contribution is 2.21. The molecule has 1 amide bonds. The zero-order valence-electron chi connectivity index (χ0n) is 9.73. The van der Waals surface area contributed by atoms with Crippen molar-refractivity contribution in [2.75, 3.05) is 32.9 Å². The molecule has 1 aliphatic rings. The van der Waals surface area contributed by atoms with Crippen LogP contribution in [-0.2, 0) is 9.53 Å². The molecule has 1 rings (SSSR count). The van der Waals surface area contributed by atoms with E-state index in [2.05, 4.69) is 0 Å². The monoisotopic (exact) mass is 230 g/mol. The predicted molar refractivity (Wildman–Crippen MR) is 60.9 cm³/mol. The second-order valence-corrected chi connectivity index (χ2v) is 4.09. The number of hydrogen-bond acceptors (Lipinski definition) is 4. The normalized spacial score (nSPS) is 20.4. The Kier molecular flexibility index (Phi) is 6.37. The predicted octanol–water partition coefficient (Wildman–Crippen LogP) is -0.275. The minimum absolute atomic E-state index is 0.0499. The fourth-order valence-electron chi connectivity index (χ4n) is 2.12. The van der Waals surface area contributed by atoms with Crippen molar-refractivity contribution in [2.45, 2.75) is 31.7 Å². The number of nitrogens with two attached hydrogens (primary N) is 1. The van der Waals surface area contributed by atoms with E-state index in [0.29, 0.717) is 19.2 Å². The summed E-state index contributed by atoms with van der Waals surface area (Å²) in [6.45, 7) is 2.03. The molecule has 0 aliphatic carbocycles. The van der Waals surface area contributed by atoms with Crippen LogP contribution in [-0.4, -0.2) is 54.9 Å². The minimum Gasteiger partial charge on any atom is -0.396 e. The maximum atomic E-state index is 11.8. The highest BCUT2D eigenvalue weighted by molar-refractivity contribution is 5.78. The minimum atomic E-state index is 0.0499. The Labute approximate surface area is 96.6 Å². The van der Waals surface area contributed by atoms with Crippen LogP contribution in [0.5, 0.6) is 0 Å². The summed E-state index contributed by atoms with van der Waals surface area (Å²) in [5, 5.41) is 8.78. The SMILES string of the molecule is NCCOCC(=O)N1CCCC1CCCO. The summed E-state index contributed by atoms with van der Waals surface area (Å²) in [6.07, 6.45) is 3.75. The molecule has 1 fully saturated rings. The lowest BCUT2D eigenvalue weighted by Crippen LogP contribution is -2.38. The number of carbonyl (C=O) groups is 1. The molecule has 16 heavy (non-hydrogen) atoms. The number of likely N-dealkylation sites (tertiary alicyclic amines) is 1. The topological polar surface area (TPSA) is 75.8 Å². The molecule has 94 valence electrons. The van der Waals surface area contributed by atoms with Gasteiger partial charge in [0.15, 0.2) is 0 Å². The Hall–Kier alpha value is -0.650. The summed E-state index contributed by atoms with van der Waals surface area (Å²) in [5.74, 6) is 0.0499. The molecule has 0 aromatic carbocycles. The molecule has 1 unspecified atom stereocenters. The van der Waals surface area contributed by atoms with E-state index in [1.807, 2.05) is 4.90 Å². The Bertz CT molecular complexity index is 211. The second kappa shape index (κ2) is 7.60. The van der Waals surface area contributed by atoms with Gasteiger partial charge in [-0.15, -0.1) is 0 Å². The molecule has 1 heterocycles. The van der Waals surface area contributed by atoms with E-state index in [1.165, 1.54) is 0 Å². The second-order valence-electron chi connectivity index (χ2n) is 4.09. The van der Waals surface area contributed by atoms with Gasteiger partial charge in [-0.2, -0.15) is 0 Å². The fraction of sp³-hybridized carbons (Fsp3) is 0.909. The number of aliphatic hydroxyl groups is 1. The van der Waals surface area contributed by atoms with E-state index in [0.717, 1.165) is 32.2 Å². The van der Waals surface area contributed by atoms with Crippen LogP contribution in [0.4, 0.5) is 0 Å². The number of nitrogens with zero attached hydrogens (tertiary/aromatic N) is 1. The van der Waals surface area contributed by atoms with Gasteiger partial charge in [0.25, 0.3) is 0 Å². The van der Waals surface area contributed by atoms with E-state index >= 15 is 0 Å². The summed E-state index contributed by atoms with van der Waals surface area (Å²) in [4.78, 5) is 13.7. The number of aliphatic hydroxyl groups excluding tert-OH is 1. The van der Waals surface area contributed by atoms with Gasteiger partial charge < -0.3 is 20.5 Å². The van der Waals surface area contributed by atoms with Gasteiger partial charge in [0.1, 0.15) is 6.61 Å². The Morgan fingerprint density at radius 2 is 2.38 bits per heavy atom. The van der Waals surface area contributed by atoms with Crippen molar-refractivity contribution in [2.24, 2.45) is 5.73 Å². The van der Waals surface area contributed by atoms with Gasteiger partial charge in [-0.05, 0) is 25.7 Å². The van der Waals surface area contributed by atoms with Crippen molar-refractivity contribution >= 4 is 5.91 Å². The fourth-order valence-corrected chi connectivity index (χ4v) is 2.12. The van der Waals surface area contributed by atoms with Crippen molar-refractivity contribution in [3.63, 3.8) is 0 Å². The van der Waals surface area contributed by atoms with E-state index in [9.17, 15) is 4.79 Å². The molecule has 0 radical (unpaired) electrons. The molecule has 5 heteroatoms. The van der Waals surface area contributed by atoms with Gasteiger partial charge in [-0.1, -0.05) is 0 Å². The number of rotatable bonds is 7. The molecule has 0 bridgehead atoms. The molecule has 1 atom stereocenters. The van der Waals surface area contributed by atoms with Crippen LogP contribution in [0.15, 0.2) is 0 Å². The Morgan fingerprint density at radius 3 is 3.06 bits per heavy atom. The smallest absolute Gasteiger partial charge is 0.248 e. The van der Waals surface area contributed by atoms with Gasteiger partial charge >= 0.3 is 0 Å². The third kappa shape index (κ3) is 4.08. The van der Waals surface area contributed by atoms with E-state index in [-0.39, 0.29) is 19.1 Å². The van der Waals surface area contributed by atoms with Gasteiger partial charge in [0.2, 0.25) is 5.91 Å². The van der Waals surface area contributed by atoms with Gasteiger partial charge in [-0.25, -0.2) is 0 Å². The van der Waals surface area contributed by atoms with Crippen LogP contribution >= 0.6 is 0 Å². The van der Waals surface area contributed by atoms with Crippen molar-refractivity contribution in [1.82, 2.24) is 4.90 Å². The number of ether oxygens (including phenoxy) is 1. The van der Waals surface area contributed by atoms with Crippen LogP contribution in [0.3, 0.4) is 0 Å². The van der Waals surface area contributed by atoms with E-state index in [1.54, 1.807) is 0 Å². The molecule has 1 saturated heterocycles. The highest BCUT2D eigenvalue weighted by atomic mass is 16.5. The maximum absolute atomic E-state index is 11.8. The van der Waals surface area contributed by atoms with Gasteiger partial charge in [-0.3, -0.25) is 4.79 Å². The number of hydrogen-bond donors (Lipinski definition) is 2. The van der Waals surface area contributed by atoms with Crippen molar-refractivity contribution in [3.05, 3.63) is 0 Å². The molecule has 0 aromatic rings. The quantitative estimate of drug-likeness (QED) is 0.590. The first-order valence-corrected chi connectivity index (χ1v) is 5.97. The van der Waals surface area contributed by atoms with Crippen LogP contribution in [0.25, 0.3) is 0 Å². The van der Waals surface area contributed by atoms with Crippen molar-refractivity contribution in [3.8, 4) is 0 Å².